The van der Waals surface area contributed by atoms with Gasteiger partial charge in [-0.15, -0.1) is 23.1 Å². The number of thiophene rings is 1. The molecule has 108 valence electrons. The highest BCUT2D eigenvalue weighted by atomic mass is 35.5. The summed E-state index contributed by atoms with van der Waals surface area (Å²) in [6, 6.07) is 11.2. The minimum atomic E-state index is -3.59. The van der Waals surface area contributed by atoms with Crippen molar-refractivity contribution in [2.75, 3.05) is 12.3 Å². The molecule has 1 aromatic carbocycles. The molecule has 20 heavy (non-hydrogen) atoms. The van der Waals surface area contributed by atoms with Crippen LogP contribution in [0.5, 0.6) is 0 Å². The second-order valence-electron chi connectivity index (χ2n) is 3.75. The van der Waals surface area contributed by atoms with Gasteiger partial charge in [-0.1, -0.05) is 41.4 Å². The van der Waals surface area contributed by atoms with Crippen LogP contribution >= 0.6 is 46.3 Å². The van der Waals surface area contributed by atoms with Crippen LogP contribution in [0.15, 0.2) is 46.2 Å². The molecule has 0 amide bonds. The number of sulfonamides is 1. The van der Waals surface area contributed by atoms with Crippen molar-refractivity contribution in [3.8, 4) is 0 Å². The van der Waals surface area contributed by atoms with Crippen LogP contribution in [0.2, 0.25) is 8.67 Å². The standard InChI is InChI=1S/C12H11Cl2NO2S3/c13-11-8-10(12(14)19-11)20(16,17)15-6-7-18-9-4-2-1-3-5-9/h1-5,8,15H,6-7H2. The van der Waals surface area contributed by atoms with Crippen LogP contribution in [0, 0.1) is 0 Å². The number of thioether (sulfide) groups is 1. The summed E-state index contributed by atoms with van der Waals surface area (Å²) >= 11 is 14.2. The number of benzene rings is 1. The molecule has 2 aromatic rings. The molecule has 0 fully saturated rings. The van der Waals surface area contributed by atoms with E-state index in [4.69, 9.17) is 23.2 Å². The molecule has 0 saturated heterocycles. The third kappa shape index (κ3) is 4.38. The van der Waals surface area contributed by atoms with Gasteiger partial charge in [0.05, 0.1) is 4.34 Å². The van der Waals surface area contributed by atoms with E-state index >= 15 is 0 Å². The molecule has 8 heteroatoms. The Kier molecular flexibility index (Phi) is 5.77. The Balaban J connectivity index is 1.89. The van der Waals surface area contributed by atoms with Crippen LogP contribution in [0.25, 0.3) is 0 Å². The third-order valence-corrected chi connectivity index (χ3v) is 6.55. The summed E-state index contributed by atoms with van der Waals surface area (Å²) in [5.74, 6) is 0.638. The average Bonchev–Trinajstić information content (AvgIpc) is 2.76. The minimum absolute atomic E-state index is 0.0406. The fourth-order valence-corrected chi connectivity index (χ4v) is 5.55. The lowest BCUT2D eigenvalue weighted by Crippen LogP contribution is -2.25. The van der Waals surface area contributed by atoms with Gasteiger partial charge in [0.15, 0.2) is 0 Å². The normalized spacial score (nSPS) is 11.7. The molecule has 0 aliphatic rings. The van der Waals surface area contributed by atoms with E-state index < -0.39 is 10.0 Å². The predicted molar refractivity (Wildman–Crippen MR) is 86.7 cm³/mol. The molecular formula is C12H11Cl2NO2S3. The van der Waals surface area contributed by atoms with Gasteiger partial charge in [0.1, 0.15) is 9.23 Å². The summed E-state index contributed by atoms with van der Waals surface area (Å²) in [5, 5.41) is 0. The Morgan fingerprint density at radius 2 is 1.90 bits per heavy atom. The lowest BCUT2D eigenvalue weighted by Gasteiger charge is -2.05. The van der Waals surface area contributed by atoms with Gasteiger partial charge in [-0.25, -0.2) is 13.1 Å². The Morgan fingerprint density at radius 3 is 2.50 bits per heavy atom. The first-order valence-corrected chi connectivity index (χ1v) is 9.65. The molecule has 1 heterocycles. The summed E-state index contributed by atoms with van der Waals surface area (Å²) in [6.45, 7) is 0.325. The highest BCUT2D eigenvalue weighted by molar-refractivity contribution is 7.99. The highest BCUT2D eigenvalue weighted by Gasteiger charge is 2.20. The van der Waals surface area contributed by atoms with Gasteiger partial charge in [0, 0.05) is 17.2 Å². The van der Waals surface area contributed by atoms with Crippen molar-refractivity contribution in [3.63, 3.8) is 0 Å². The molecule has 0 saturated carbocycles. The minimum Gasteiger partial charge on any atom is -0.210 e. The fraction of sp³-hybridized carbons (Fsp3) is 0.167. The summed E-state index contributed by atoms with van der Waals surface area (Å²) < 4.78 is 27.1. The zero-order valence-corrected chi connectivity index (χ0v) is 14.1. The molecule has 0 bridgehead atoms. The Labute approximate surface area is 136 Å². The van der Waals surface area contributed by atoms with Gasteiger partial charge in [0.2, 0.25) is 10.0 Å². The smallest absolute Gasteiger partial charge is 0.210 e. The zero-order valence-electron chi connectivity index (χ0n) is 10.2. The van der Waals surface area contributed by atoms with Gasteiger partial charge >= 0.3 is 0 Å². The SMILES string of the molecule is O=S(=O)(NCCSc1ccccc1)c1cc(Cl)sc1Cl. The molecule has 1 aromatic heterocycles. The van der Waals surface area contributed by atoms with Gasteiger partial charge in [-0.2, -0.15) is 0 Å². The van der Waals surface area contributed by atoms with Crippen molar-refractivity contribution in [3.05, 3.63) is 45.1 Å². The van der Waals surface area contributed by atoms with Crippen LogP contribution in [-0.2, 0) is 10.0 Å². The monoisotopic (exact) mass is 367 g/mol. The Hall–Kier alpha value is -0.240. The van der Waals surface area contributed by atoms with E-state index in [2.05, 4.69) is 4.72 Å². The van der Waals surface area contributed by atoms with Gasteiger partial charge < -0.3 is 0 Å². The van der Waals surface area contributed by atoms with Crippen molar-refractivity contribution in [2.45, 2.75) is 9.79 Å². The number of halogens is 2. The van der Waals surface area contributed by atoms with Crippen LogP contribution in [0.3, 0.4) is 0 Å². The maximum atomic E-state index is 12.0. The highest BCUT2D eigenvalue weighted by Crippen LogP contribution is 2.34. The molecule has 0 aliphatic heterocycles. The second-order valence-corrected chi connectivity index (χ2v) is 8.94. The van der Waals surface area contributed by atoms with Crippen molar-refractivity contribution in [2.24, 2.45) is 0 Å². The van der Waals surface area contributed by atoms with Crippen molar-refractivity contribution < 1.29 is 8.42 Å². The van der Waals surface area contributed by atoms with Crippen molar-refractivity contribution in [1.82, 2.24) is 4.72 Å². The first kappa shape index (κ1) is 16.1. The lowest BCUT2D eigenvalue weighted by atomic mass is 10.4. The average molecular weight is 368 g/mol. The third-order valence-electron chi connectivity index (χ3n) is 2.32. The van der Waals surface area contributed by atoms with E-state index in [1.165, 1.54) is 6.07 Å². The van der Waals surface area contributed by atoms with Gasteiger partial charge in [-0.05, 0) is 18.2 Å². The number of hydrogen-bond acceptors (Lipinski definition) is 4. The summed E-state index contributed by atoms with van der Waals surface area (Å²) in [4.78, 5) is 1.14. The van der Waals surface area contributed by atoms with Gasteiger partial charge in [-0.3, -0.25) is 0 Å². The quantitative estimate of drug-likeness (QED) is 0.616. The molecule has 0 aliphatic carbocycles. The van der Waals surface area contributed by atoms with Crippen LogP contribution in [-0.4, -0.2) is 20.7 Å². The van der Waals surface area contributed by atoms with Crippen LogP contribution < -0.4 is 4.72 Å². The Bertz CT molecular complexity index is 671. The van der Waals surface area contributed by atoms with Gasteiger partial charge in [0.25, 0.3) is 0 Å². The van der Waals surface area contributed by atoms with Crippen molar-refractivity contribution in [1.29, 1.82) is 0 Å². The maximum Gasteiger partial charge on any atom is 0.242 e. The summed E-state index contributed by atoms with van der Waals surface area (Å²) in [7, 11) is -3.59. The lowest BCUT2D eigenvalue weighted by molar-refractivity contribution is 0.584. The topological polar surface area (TPSA) is 46.2 Å². The molecule has 0 unspecified atom stereocenters. The molecule has 3 nitrogen and oxygen atoms in total. The molecule has 0 spiro atoms. The van der Waals surface area contributed by atoms with Crippen LogP contribution in [0.1, 0.15) is 0 Å². The van der Waals surface area contributed by atoms with E-state index in [0.29, 0.717) is 16.6 Å². The first-order chi connectivity index (χ1) is 9.49. The Morgan fingerprint density at radius 1 is 1.20 bits per heavy atom. The summed E-state index contributed by atoms with van der Waals surface area (Å²) in [5.41, 5.74) is 0. The summed E-state index contributed by atoms with van der Waals surface area (Å²) in [6.07, 6.45) is 0. The number of rotatable bonds is 6. The molecule has 0 atom stereocenters. The molecule has 0 radical (unpaired) electrons. The van der Waals surface area contributed by atoms with E-state index in [0.717, 1.165) is 16.2 Å². The zero-order chi connectivity index (χ0) is 14.6. The molecule has 1 N–H and O–H groups in total. The first-order valence-electron chi connectivity index (χ1n) is 5.61. The second kappa shape index (κ2) is 7.15. The largest absolute Gasteiger partial charge is 0.242 e. The number of nitrogens with one attached hydrogen (secondary N) is 1. The number of hydrogen-bond donors (Lipinski definition) is 1. The maximum absolute atomic E-state index is 12.0. The van der Waals surface area contributed by atoms with Crippen LogP contribution in [0.4, 0.5) is 0 Å². The molecule has 2 rings (SSSR count). The van der Waals surface area contributed by atoms with Crippen molar-refractivity contribution >= 4 is 56.3 Å². The van der Waals surface area contributed by atoms with E-state index in [1.807, 2.05) is 30.3 Å². The fourth-order valence-electron chi connectivity index (χ4n) is 1.45. The molecular weight excluding hydrogens is 357 g/mol. The van der Waals surface area contributed by atoms with E-state index in [-0.39, 0.29) is 9.23 Å². The predicted octanol–water partition coefficient (Wildman–Crippen LogP) is 4.13. The van der Waals surface area contributed by atoms with E-state index in [9.17, 15) is 8.42 Å². The van der Waals surface area contributed by atoms with E-state index in [1.54, 1.807) is 11.8 Å².